The Hall–Kier alpha value is -3.74. The summed E-state index contributed by atoms with van der Waals surface area (Å²) < 4.78 is 1.61. The van der Waals surface area contributed by atoms with Gasteiger partial charge in [0.05, 0.1) is 5.69 Å². The summed E-state index contributed by atoms with van der Waals surface area (Å²) in [6, 6.07) is 18.7. The molecule has 4 aromatic rings. The normalized spacial score (nSPS) is 10.7. The van der Waals surface area contributed by atoms with E-state index in [0.717, 1.165) is 11.3 Å². The number of benzene rings is 1. The van der Waals surface area contributed by atoms with Gasteiger partial charge in [0.25, 0.3) is 5.91 Å². The van der Waals surface area contributed by atoms with E-state index in [0.29, 0.717) is 17.3 Å². The van der Waals surface area contributed by atoms with Gasteiger partial charge in [0, 0.05) is 25.5 Å². The molecule has 0 bridgehead atoms. The number of pyridine rings is 1. The minimum atomic E-state index is -0.245. The highest BCUT2D eigenvalue weighted by Gasteiger charge is 2.18. The van der Waals surface area contributed by atoms with Crippen LogP contribution in [0.15, 0.2) is 73.1 Å². The standard InChI is InChI=1S/C19H16N6O/c1-24(18-13-16(22-23-18)14-7-3-2-4-8-14)19(26)15-9-5-10-17(21-15)25-12-6-11-20-25/h2-13H,1H3,(H,22,23). The van der Waals surface area contributed by atoms with Gasteiger partial charge in [-0.15, -0.1) is 0 Å². The molecular weight excluding hydrogens is 328 g/mol. The molecule has 3 aromatic heterocycles. The van der Waals surface area contributed by atoms with E-state index in [9.17, 15) is 4.79 Å². The van der Waals surface area contributed by atoms with Crippen molar-refractivity contribution >= 4 is 11.7 Å². The number of hydrogen-bond acceptors (Lipinski definition) is 4. The number of amides is 1. The fourth-order valence-electron chi connectivity index (χ4n) is 2.60. The van der Waals surface area contributed by atoms with Crippen molar-refractivity contribution < 1.29 is 4.79 Å². The fourth-order valence-corrected chi connectivity index (χ4v) is 2.60. The summed E-state index contributed by atoms with van der Waals surface area (Å²) in [7, 11) is 1.68. The Balaban J connectivity index is 1.59. The van der Waals surface area contributed by atoms with Gasteiger partial charge in [-0.25, -0.2) is 9.67 Å². The molecule has 0 aliphatic heterocycles. The topological polar surface area (TPSA) is 79.7 Å². The second-order valence-corrected chi connectivity index (χ2v) is 5.70. The monoisotopic (exact) mass is 344 g/mol. The van der Waals surface area contributed by atoms with E-state index in [2.05, 4.69) is 20.3 Å². The molecule has 4 rings (SSSR count). The zero-order chi connectivity index (χ0) is 17.9. The number of anilines is 1. The summed E-state index contributed by atoms with van der Waals surface area (Å²) in [6.45, 7) is 0. The Kier molecular flexibility index (Phi) is 4.03. The molecule has 0 fully saturated rings. The predicted octanol–water partition coefficient (Wildman–Crippen LogP) is 2.93. The van der Waals surface area contributed by atoms with Gasteiger partial charge in [-0.2, -0.15) is 10.2 Å². The molecule has 0 saturated heterocycles. The Morgan fingerprint density at radius 2 is 1.92 bits per heavy atom. The van der Waals surface area contributed by atoms with E-state index in [1.165, 1.54) is 4.90 Å². The number of rotatable bonds is 4. The Labute approximate surface area is 149 Å². The number of carbonyl (C=O) groups excluding carboxylic acids is 1. The van der Waals surface area contributed by atoms with Crippen molar-refractivity contribution in [3.63, 3.8) is 0 Å². The van der Waals surface area contributed by atoms with Gasteiger partial charge in [0.2, 0.25) is 0 Å². The first-order chi connectivity index (χ1) is 12.7. The molecule has 7 heteroatoms. The molecule has 1 amide bonds. The average Bonchev–Trinajstić information content (AvgIpc) is 3.40. The molecule has 0 radical (unpaired) electrons. The van der Waals surface area contributed by atoms with Crippen LogP contribution in [0.3, 0.4) is 0 Å². The van der Waals surface area contributed by atoms with Crippen molar-refractivity contribution in [1.29, 1.82) is 0 Å². The van der Waals surface area contributed by atoms with Gasteiger partial charge in [0.1, 0.15) is 5.69 Å². The first kappa shape index (κ1) is 15.8. The highest BCUT2D eigenvalue weighted by molar-refractivity contribution is 6.04. The lowest BCUT2D eigenvalue weighted by Crippen LogP contribution is -2.27. The number of nitrogens with one attached hydrogen (secondary N) is 1. The molecule has 26 heavy (non-hydrogen) atoms. The quantitative estimate of drug-likeness (QED) is 0.617. The molecule has 7 nitrogen and oxygen atoms in total. The van der Waals surface area contributed by atoms with Crippen LogP contribution < -0.4 is 4.90 Å². The SMILES string of the molecule is CN(C(=O)c1cccc(-n2cccn2)n1)c1cc(-c2ccccc2)[nH]n1. The molecule has 0 saturated carbocycles. The molecule has 0 aliphatic carbocycles. The minimum Gasteiger partial charge on any atom is -0.293 e. The van der Waals surface area contributed by atoms with Crippen LogP contribution in [0.4, 0.5) is 5.82 Å². The van der Waals surface area contributed by atoms with Gasteiger partial charge >= 0.3 is 0 Å². The Morgan fingerprint density at radius 3 is 2.69 bits per heavy atom. The highest BCUT2D eigenvalue weighted by atomic mass is 16.2. The Morgan fingerprint density at radius 1 is 1.08 bits per heavy atom. The Bertz CT molecular complexity index is 1020. The summed E-state index contributed by atoms with van der Waals surface area (Å²) in [5.41, 5.74) is 2.18. The zero-order valence-corrected chi connectivity index (χ0v) is 14.1. The molecule has 0 spiro atoms. The van der Waals surface area contributed by atoms with Crippen molar-refractivity contribution in [3.8, 4) is 17.1 Å². The predicted molar refractivity (Wildman–Crippen MR) is 98.1 cm³/mol. The average molecular weight is 344 g/mol. The maximum absolute atomic E-state index is 12.8. The van der Waals surface area contributed by atoms with Crippen LogP contribution in [0.1, 0.15) is 10.5 Å². The third kappa shape index (κ3) is 2.98. The zero-order valence-electron chi connectivity index (χ0n) is 14.1. The van der Waals surface area contributed by atoms with Gasteiger partial charge < -0.3 is 0 Å². The molecule has 3 heterocycles. The van der Waals surface area contributed by atoms with Crippen LogP contribution >= 0.6 is 0 Å². The van der Waals surface area contributed by atoms with Crippen molar-refractivity contribution in [2.45, 2.75) is 0 Å². The third-order valence-corrected chi connectivity index (χ3v) is 3.99. The van der Waals surface area contributed by atoms with E-state index in [4.69, 9.17) is 0 Å². The van der Waals surface area contributed by atoms with Crippen molar-refractivity contribution in [2.24, 2.45) is 0 Å². The van der Waals surface area contributed by atoms with E-state index in [-0.39, 0.29) is 5.91 Å². The van der Waals surface area contributed by atoms with Crippen LogP contribution in [-0.2, 0) is 0 Å². The summed E-state index contributed by atoms with van der Waals surface area (Å²) in [6.07, 6.45) is 3.44. The van der Waals surface area contributed by atoms with Crippen LogP contribution in [0.2, 0.25) is 0 Å². The second-order valence-electron chi connectivity index (χ2n) is 5.70. The van der Waals surface area contributed by atoms with Crippen LogP contribution in [0, 0.1) is 0 Å². The molecule has 128 valence electrons. The highest BCUT2D eigenvalue weighted by Crippen LogP contribution is 2.21. The molecule has 0 aliphatic rings. The van der Waals surface area contributed by atoms with Gasteiger partial charge in [0.15, 0.2) is 11.6 Å². The summed E-state index contributed by atoms with van der Waals surface area (Å²) >= 11 is 0. The van der Waals surface area contributed by atoms with Crippen molar-refractivity contribution in [1.82, 2.24) is 25.0 Å². The lowest BCUT2D eigenvalue weighted by molar-refractivity contribution is 0.0987. The van der Waals surface area contributed by atoms with E-state index in [1.807, 2.05) is 36.4 Å². The first-order valence-corrected chi connectivity index (χ1v) is 8.08. The van der Waals surface area contributed by atoms with E-state index in [1.54, 1.807) is 48.4 Å². The van der Waals surface area contributed by atoms with E-state index >= 15 is 0 Å². The van der Waals surface area contributed by atoms with Crippen LogP contribution in [0.5, 0.6) is 0 Å². The van der Waals surface area contributed by atoms with Crippen molar-refractivity contribution in [2.75, 3.05) is 11.9 Å². The molecule has 0 atom stereocenters. The van der Waals surface area contributed by atoms with Gasteiger partial charge in [-0.1, -0.05) is 36.4 Å². The fraction of sp³-hybridized carbons (Fsp3) is 0.0526. The van der Waals surface area contributed by atoms with Crippen LogP contribution in [0.25, 0.3) is 17.1 Å². The number of nitrogens with zero attached hydrogens (tertiary/aromatic N) is 5. The number of aromatic nitrogens is 5. The summed E-state index contributed by atoms with van der Waals surface area (Å²) in [5.74, 6) is 0.867. The second kappa shape index (κ2) is 6.64. The van der Waals surface area contributed by atoms with Gasteiger partial charge in [-0.05, 0) is 23.8 Å². The molecular formula is C19H16N6O. The van der Waals surface area contributed by atoms with Crippen molar-refractivity contribution in [3.05, 3.63) is 78.8 Å². The third-order valence-electron chi connectivity index (χ3n) is 3.99. The van der Waals surface area contributed by atoms with E-state index < -0.39 is 0 Å². The van der Waals surface area contributed by atoms with Crippen LogP contribution in [-0.4, -0.2) is 37.9 Å². The lowest BCUT2D eigenvalue weighted by Gasteiger charge is -2.13. The maximum Gasteiger partial charge on any atom is 0.277 e. The van der Waals surface area contributed by atoms with Gasteiger partial charge in [-0.3, -0.25) is 14.8 Å². The minimum absolute atomic E-state index is 0.245. The maximum atomic E-state index is 12.8. The summed E-state index contributed by atoms with van der Waals surface area (Å²) in [4.78, 5) is 18.7. The molecule has 1 aromatic carbocycles. The lowest BCUT2D eigenvalue weighted by atomic mass is 10.1. The largest absolute Gasteiger partial charge is 0.293 e. The molecule has 0 unspecified atom stereocenters. The molecule has 1 N–H and O–H groups in total. The summed E-state index contributed by atoms with van der Waals surface area (Å²) in [5, 5.41) is 11.3. The smallest absolute Gasteiger partial charge is 0.277 e. The number of H-pyrrole nitrogens is 1. The number of hydrogen-bond donors (Lipinski definition) is 1. The number of aromatic amines is 1. The number of carbonyl (C=O) groups is 1. The first-order valence-electron chi connectivity index (χ1n) is 8.08.